The molecule has 0 saturated carbocycles. The zero-order chi connectivity index (χ0) is 23.6. The summed E-state index contributed by atoms with van der Waals surface area (Å²) in [6.45, 7) is 7.54. The standard InChI is InChI=1S/C22H39ClN2O6S/c1-10(2)7-12-5-6-30-19-13(8-12)9-24-15(19)21(29)25-14(11(3)23)20-17(27)16(26)18(28)22(31-20)32-4/h10-20,22,24,26-28H,5-9H2,1-4H3,(H,25,29)/t11-,12-,13-,14+,15-,16+,17?,18+,19+,20+,22?/m0/s1. The molecule has 0 aliphatic carbocycles. The number of carbonyl (C=O) groups excluding carboxylic acids is 1. The third-order valence-corrected chi connectivity index (χ3v) is 8.08. The molecule has 8 nitrogen and oxygen atoms in total. The van der Waals surface area contributed by atoms with Gasteiger partial charge in [0.25, 0.3) is 0 Å². The molecule has 3 heterocycles. The minimum absolute atomic E-state index is 0.206. The largest absolute Gasteiger partial charge is 0.388 e. The van der Waals surface area contributed by atoms with Crippen LogP contribution in [0.4, 0.5) is 0 Å². The average Bonchev–Trinajstić information content (AvgIpc) is 3.02. The summed E-state index contributed by atoms with van der Waals surface area (Å²) < 4.78 is 12.0. The van der Waals surface area contributed by atoms with Gasteiger partial charge in [-0.25, -0.2) is 0 Å². The fourth-order valence-corrected chi connectivity index (χ4v) is 6.24. The van der Waals surface area contributed by atoms with Gasteiger partial charge in [-0.1, -0.05) is 13.8 Å². The first-order chi connectivity index (χ1) is 15.1. The van der Waals surface area contributed by atoms with E-state index in [1.165, 1.54) is 11.8 Å². The summed E-state index contributed by atoms with van der Waals surface area (Å²) in [5, 5.41) is 36.6. The van der Waals surface area contributed by atoms with E-state index in [2.05, 4.69) is 24.5 Å². The minimum atomic E-state index is -1.39. The van der Waals surface area contributed by atoms with Crippen molar-refractivity contribution in [2.24, 2.45) is 17.8 Å². The van der Waals surface area contributed by atoms with Gasteiger partial charge in [-0.15, -0.1) is 23.4 Å². The molecule has 0 aromatic carbocycles. The van der Waals surface area contributed by atoms with Crippen LogP contribution in [0.15, 0.2) is 0 Å². The molecule has 3 fully saturated rings. The third kappa shape index (κ3) is 5.92. The molecule has 0 bridgehead atoms. The maximum atomic E-state index is 13.3. The first-order valence-corrected chi connectivity index (χ1v) is 13.4. The summed E-state index contributed by atoms with van der Waals surface area (Å²) in [7, 11) is 0. The Morgan fingerprint density at radius 2 is 1.94 bits per heavy atom. The summed E-state index contributed by atoms with van der Waals surface area (Å²) in [5.74, 6) is 1.26. The van der Waals surface area contributed by atoms with Gasteiger partial charge < -0.3 is 35.4 Å². The quantitative estimate of drug-likeness (QED) is 0.328. The molecule has 10 heteroatoms. The maximum Gasteiger partial charge on any atom is 0.240 e. The van der Waals surface area contributed by atoms with E-state index in [1.807, 2.05) is 0 Å². The van der Waals surface area contributed by atoms with Crippen LogP contribution in [0, 0.1) is 17.8 Å². The molecular weight excluding hydrogens is 456 g/mol. The van der Waals surface area contributed by atoms with E-state index in [0.29, 0.717) is 18.4 Å². The number of hydrogen-bond acceptors (Lipinski definition) is 8. The number of rotatable bonds is 7. The molecule has 0 radical (unpaired) electrons. The van der Waals surface area contributed by atoms with Crippen molar-refractivity contribution in [3.8, 4) is 0 Å². The number of nitrogens with one attached hydrogen (secondary N) is 2. The Hall–Kier alpha value is -0.130. The summed E-state index contributed by atoms with van der Waals surface area (Å²) in [6.07, 6.45) is -0.199. The van der Waals surface area contributed by atoms with Crippen molar-refractivity contribution >= 4 is 29.3 Å². The summed E-state index contributed by atoms with van der Waals surface area (Å²) in [6, 6.07) is -1.26. The van der Waals surface area contributed by atoms with Gasteiger partial charge in [-0.2, -0.15) is 0 Å². The van der Waals surface area contributed by atoms with Crippen molar-refractivity contribution < 1.29 is 29.6 Å². The molecule has 3 saturated heterocycles. The lowest BCUT2D eigenvalue weighted by molar-refractivity contribution is -0.205. The lowest BCUT2D eigenvalue weighted by atomic mass is 9.85. The van der Waals surface area contributed by atoms with Gasteiger partial charge in [-0.3, -0.25) is 4.79 Å². The van der Waals surface area contributed by atoms with E-state index >= 15 is 0 Å². The summed E-state index contributed by atoms with van der Waals surface area (Å²) >= 11 is 7.62. The molecule has 32 heavy (non-hydrogen) atoms. The number of alkyl halides is 1. The van der Waals surface area contributed by atoms with Crippen LogP contribution in [-0.2, 0) is 14.3 Å². The second-order valence-electron chi connectivity index (χ2n) is 9.89. The number of fused-ring (bicyclic) bond motifs is 1. The first kappa shape index (κ1) is 26.5. The topological polar surface area (TPSA) is 120 Å². The van der Waals surface area contributed by atoms with E-state index in [1.54, 1.807) is 13.2 Å². The zero-order valence-corrected chi connectivity index (χ0v) is 20.9. The molecular formula is C22H39ClN2O6S. The van der Waals surface area contributed by atoms with Crippen LogP contribution in [0.1, 0.15) is 40.0 Å². The Morgan fingerprint density at radius 3 is 2.56 bits per heavy atom. The summed E-state index contributed by atoms with van der Waals surface area (Å²) in [4.78, 5) is 13.3. The normalized spacial score (nSPS) is 42.2. The van der Waals surface area contributed by atoms with Crippen LogP contribution in [0.5, 0.6) is 0 Å². The van der Waals surface area contributed by atoms with E-state index in [-0.39, 0.29) is 17.9 Å². The second-order valence-corrected chi connectivity index (χ2v) is 11.5. The molecule has 2 unspecified atom stereocenters. The predicted octanol–water partition coefficient (Wildman–Crippen LogP) is 0.698. The number of amides is 1. The number of ether oxygens (including phenoxy) is 2. The molecule has 186 valence electrons. The van der Waals surface area contributed by atoms with E-state index in [4.69, 9.17) is 21.1 Å². The Kier molecular flexibility index (Phi) is 9.54. The van der Waals surface area contributed by atoms with Gasteiger partial charge in [0, 0.05) is 13.2 Å². The third-order valence-electron chi connectivity index (χ3n) is 6.95. The Balaban J connectivity index is 1.68. The smallest absolute Gasteiger partial charge is 0.240 e. The maximum absolute atomic E-state index is 13.3. The fraction of sp³-hybridized carbons (Fsp3) is 0.955. The number of hydrogen-bond donors (Lipinski definition) is 5. The molecule has 0 aromatic rings. The molecule has 3 aliphatic heterocycles. The highest BCUT2D eigenvalue weighted by molar-refractivity contribution is 7.99. The number of carbonyl (C=O) groups is 1. The van der Waals surface area contributed by atoms with Crippen LogP contribution in [0.25, 0.3) is 0 Å². The van der Waals surface area contributed by atoms with Gasteiger partial charge >= 0.3 is 0 Å². The van der Waals surface area contributed by atoms with Crippen LogP contribution in [0.2, 0.25) is 0 Å². The molecule has 3 aliphatic rings. The number of aliphatic hydroxyl groups is 3. The van der Waals surface area contributed by atoms with Gasteiger partial charge in [-0.05, 0) is 50.2 Å². The molecule has 3 rings (SSSR count). The Labute approximate surface area is 200 Å². The van der Waals surface area contributed by atoms with Crippen molar-refractivity contribution in [3.63, 3.8) is 0 Å². The number of aliphatic hydroxyl groups excluding tert-OH is 3. The SMILES string of the molecule is CSC1O[C@H]([C@H](NC(=O)[C@H]2NC[C@@H]3C[C@H](CC(C)C)CCO[C@H]32)[C@H](C)Cl)C(O)[C@@H](O)[C@H]1O. The van der Waals surface area contributed by atoms with E-state index < -0.39 is 47.3 Å². The van der Waals surface area contributed by atoms with E-state index in [9.17, 15) is 20.1 Å². The fourth-order valence-electron chi connectivity index (χ4n) is 5.35. The molecule has 0 aromatic heterocycles. The van der Waals surface area contributed by atoms with E-state index in [0.717, 1.165) is 25.8 Å². The second kappa shape index (κ2) is 11.5. The molecule has 1 amide bonds. The van der Waals surface area contributed by atoms with Crippen LogP contribution in [0.3, 0.4) is 0 Å². The van der Waals surface area contributed by atoms with Gasteiger partial charge in [0.1, 0.15) is 35.9 Å². The van der Waals surface area contributed by atoms with Crippen molar-refractivity contribution in [2.75, 3.05) is 19.4 Å². The minimum Gasteiger partial charge on any atom is -0.388 e. The lowest BCUT2D eigenvalue weighted by Gasteiger charge is -2.44. The molecule has 5 N–H and O–H groups in total. The molecule has 0 spiro atoms. The highest BCUT2D eigenvalue weighted by Gasteiger charge is 2.49. The number of halogens is 1. The monoisotopic (exact) mass is 494 g/mol. The number of thioether (sulfide) groups is 1. The summed E-state index contributed by atoms with van der Waals surface area (Å²) in [5.41, 5.74) is -0.731. The molecule has 11 atom stereocenters. The van der Waals surface area contributed by atoms with Crippen molar-refractivity contribution in [1.82, 2.24) is 10.6 Å². The average molecular weight is 495 g/mol. The zero-order valence-electron chi connectivity index (χ0n) is 19.3. The van der Waals surface area contributed by atoms with Gasteiger partial charge in [0.15, 0.2) is 0 Å². The first-order valence-electron chi connectivity index (χ1n) is 11.7. The van der Waals surface area contributed by atoms with Crippen molar-refractivity contribution in [1.29, 1.82) is 0 Å². The Bertz CT molecular complexity index is 627. The van der Waals surface area contributed by atoms with Crippen LogP contribution >= 0.6 is 23.4 Å². The van der Waals surface area contributed by atoms with Crippen LogP contribution in [-0.4, -0.2) is 94.1 Å². The Morgan fingerprint density at radius 1 is 1.22 bits per heavy atom. The highest BCUT2D eigenvalue weighted by Crippen LogP contribution is 2.34. The van der Waals surface area contributed by atoms with Crippen molar-refractivity contribution in [3.05, 3.63) is 0 Å². The van der Waals surface area contributed by atoms with Crippen molar-refractivity contribution in [2.45, 2.75) is 93.5 Å². The van der Waals surface area contributed by atoms with Gasteiger partial charge in [0.2, 0.25) is 5.91 Å². The highest BCUT2D eigenvalue weighted by atomic mass is 35.5. The lowest BCUT2D eigenvalue weighted by Crippen LogP contribution is -2.65. The van der Waals surface area contributed by atoms with Crippen LogP contribution < -0.4 is 10.6 Å². The van der Waals surface area contributed by atoms with Gasteiger partial charge in [0.05, 0.1) is 17.5 Å². The predicted molar refractivity (Wildman–Crippen MR) is 125 cm³/mol.